The lowest BCUT2D eigenvalue weighted by molar-refractivity contribution is -0.136. The van der Waals surface area contributed by atoms with Gasteiger partial charge in [-0.25, -0.2) is 0 Å². The van der Waals surface area contributed by atoms with Crippen LogP contribution in [0.3, 0.4) is 0 Å². The molecule has 4 nitrogen and oxygen atoms in total. The molecule has 0 bridgehead atoms. The van der Waals surface area contributed by atoms with E-state index in [1.165, 1.54) is 0 Å². The van der Waals surface area contributed by atoms with Crippen molar-refractivity contribution in [2.45, 2.75) is 25.7 Å². The van der Waals surface area contributed by atoms with Crippen LogP contribution in [-0.4, -0.2) is 25.0 Å². The molecule has 0 saturated carbocycles. The Balaban J connectivity index is 1.93. The fraction of sp³-hybridized carbons (Fsp3) is 0.462. The van der Waals surface area contributed by atoms with E-state index in [4.69, 9.17) is 14.7 Å². The molecule has 1 fully saturated rings. The van der Waals surface area contributed by atoms with Crippen molar-refractivity contribution in [2.75, 3.05) is 18.5 Å². The summed E-state index contributed by atoms with van der Waals surface area (Å²) in [5, 5.41) is 12.1. The molecule has 18 heavy (non-hydrogen) atoms. The van der Waals surface area contributed by atoms with Gasteiger partial charge in [-0.2, -0.15) is 5.26 Å². The maximum absolute atomic E-state index is 8.79. The van der Waals surface area contributed by atoms with E-state index in [1.54, 1.807) is 12.1 Å². The van der Waals surface area contributed by atoms with Crippen molar-refractivity contribution < 1.29 is 9.47 Å². The van der Waals surface area contributed by atoms with E-state index in [0.717, 1.165) is 10.2 Å². The fourth-order valence-corrected chi connectivity index (χ4v) is 2.33. The van der Waals surface area contributed by atoms with Crippen molar-refractivity contribution in [1.82, 2.24) is 0 Å². The largest absolute Gasteiger partial charge is 0.381 e. The summed E-state index contributed by atoms with van der Waals surface area (Å²) >= 11 is 3.43. The van der Waals surface area contributed by atoms with Crippen LogP contribution < -0.4 is 5.32 Å². The lowest BCUT2D eigenvalue weighted by atomic mass is 10.2. The molecule has 1 aliphatic heterocycles. The number of ether oxygens (including phenoxy) is 2. The summed E-state index contributed by atoms with van der Waals surface area (Å²) in [4.78, 5) is 0. The fourth-order valence-electron chi connectivity index (χ4n) is 1.82. The van der Waals surface area contributed by atoms with Crippen molar-refractivity contribution in [2.24, 2.45) is 0 Å². The van der Waals surface area contributed by atoms with E-state index in [2.05, 4.69) is 27.3 Å². The van der Waals surface area contributed by atoms with Gasteiger partial charge in [-0.1, -0.05) is 0 Å². The summed E-state index contributed by atoms with van der Waals surface area (Å²) < 4.78 is 12.1. The van der Waals surface area contributed by atoms with Gasteiger partial charge < -0.3 is 14.8 Å². The maximum atomic E-state index is 8.79. The van der Waals surface area contributed by atoms with Gasteiger partial charge >= 0.3 is 0 Å². The molecule has 0 aliphatic carbocycles. The molecule has 96 valence electrons. The molecule has 1 aromatic carbocycles. The van der Waals surface area contributed by atoms with Gasteiger partial charge in [0.15, 0.2) is 5.79 Å². The predicted molar refractivity (Wildman–Crippen MR) is 72.3 cm³/mol. The first kappa shape index (κ1) is 13.3. The second-order valence-corrected chi connectivity index (χ2v) is 5.49. The van der Waals surface area contributed by atoms with Gasteiger partial charge in [0.1, 0.15) is 6.10 Å². The third-order valence-corrected chi connectivity index (χ3v) is 3.34. The Morgan fingerprint density at radius 1 is 1.56 bits per heavy atom. The highest BCUT2D eigenvalue weighted by Gasteiger charge is 2.32. The van der Waals surface area contributed by atoms with E-state index >= 15 is 0 Å². The minimum atomic E-state index is -0.492. The van der Waals surface area contributed by atoms with E-state index in [-0.39, 0.29) is 6.10 Å². The summed E-state index contributed by atoms with van der Waals surface area (Å²) in [6.45, 7) is 5.08. The van der Waals surface area contributed by atoms with E-state index in [0.29, 0.717) is 18.7 Å². The predicted octanol–water partition coefficient (Wildman–Crippen LogP) is 2.88. The number of rotatable bonds is 3. The molecular formula is C13H15BrN2O2. The van der Waals surface area contributed by atoms with E-state index < -0.39 is 5.79 Å². The molecule has 1 heterocycles. The molecule has 5 heteroatoms. The lowest BCUT2D eigenvalue weighted by Gasteiger charge is -2.17. The quantitative estimate of drug-likeness (QED) is 0.932. The van der Waals surface area contributed by atoms with Gasteiger partial charge in [0.05, 0.1) is 18.2 Å². The summed E-state index contributed by atoms with van der Waals surface area (Å²) in [7, 11) is 0. The molecule has 1 N–H and O–H groups in total. The van der Waals surface area contributed by atoms with Gasteiger partial charge in [-0.15, -0.1) is 0 Å². The smallest absolute Gasteiger partial charge is 0.163 e. The first-order chi connectivity index (χ1) is 8.50. The van der Waals surface area contributed by atoms with Gasteiger partial charge in [0, 0.05) is 16.7 Å². The van der Waals surface area contributed by atoms with Crippen LogP contribution in [0.2, 0.25) is 0 Å². The number of nitrogens with zero attached hydrogens (tertiary/aromatic N) is 1. The Labute approximate surface area is 115 Å². The molecule has 0 spiro atoms. The molecule has 0 aromatic heterocycles. The van der Waals surface area contributed by atoms with Crippen LogP contribution in [0.4, 0.5) is 5.69 Å². The molecule has 1 unspecified atom stereocenters. The third kappa shape index (κ3) is 3.22. The highest BCUT2D eigenvalue weighted by Crippen LogP contribution is 2.25. The second-order valence-electron chi connectivity index (χ2n) is 4.64. The van der Waals surface area contributed by atoms with Crippen LogP contribution in [0.15, 0.2) is 22.7 Å². The average molecular weight is 311 g/mol. The Hall–Kier alpha value is -1.09. The number of hydrogen-bond donors (Lipinski definition) is 1. The molecule has 2 rings (SSSR count). The van der Waals surface area contributed by atoms with Crippen LogP contribution in [-0.2, 0) is 9.47 Å². The minimum Gasteiger partial charge on any atom is -0.381 e. The Morgan fingerprint density at radius 3 is 2.89 bits per heavy atom. The van der Waals surface area contributed by atoms with E-state index in [1.807, 2.05) is 19.9 Å². The Kier molecular flexibility index (Phi) is 3.91. The molecule has 1 atom stereocenters. The van der Waals surface area contributed by atoms with Crippen LogP contribution in [0.1, 0.15) is 19.4 Å². The highest BCUT2D eigenvalue weighted by molar-refractivity contribution is 9.10. The van der Waals surface area contributed by atoms with Crippen molar-refractivity contribution >= 4 is 21.6 Å². The zero-order valence-electron chi connectivity index (χ0n) is 10.4. The summed E-state index contributed by atoms with van der Waals surface area (Å²) in [5.41, 5.74) is 1.58. The van der Waals surface area contributed by atoms with Crippen LogP contribution in [0.5, 0.6) is 0 Å². The molecule has 1 saturated heterocycles. The second kappa shape index (κ2) is 5.27. The Morgan fingerprint density at radius 2 is 2.33 bits per heavy atom. The van der Waals surface area contributed by atoms with Gasteiger partial charge in [0.25, 0.3) is 0 Å². The van der Waals surface area contributed by atoms with Gasteiger partial charge in [-0.3, -0.25) is 0 Å². The molecular weight excluding hydrogens is 296 g/mol. The first-order valence-corrected chi connectivity index (χ1v) is 6.55. The monoisotopic (exact) mass is 310 g/mol. The normalized spacial score (nSPS) is 21.6. The summed E-state index contributed by atoms with van der Waals surface area (Å²) in [6, 6.07) is 7.55. The summed E-state index contributed by atoms with van der Waals surface area (Å²) in [6.07, 6.45) is 0.0440. The number of nitriles is 1. The zero-order chi connectivity index (χ0) is 13.2. The first-order valence-electron chi connectivity index (χ1n) is 5.75. The topological polar surface area (TPSA) is 54.3 Å². The molecule has 1 aromatic rings. The summed E-state index contributed by atoms with van der Waals surface area (Å²) in [5.74, 6) is -0.492. The minimum absolute atomic E-state index is 0.0440. The number of anilines is 1. The average Bonchev–Trinajstić information content (AvgIpc) is 2.67. The van der Waals surface area contributed by atoms with Gasteiger partial charge in [0.2, 0.25) is 0 Å². The van der Waals surface area contributed by atoms with Gasteiger partial charge in [-0.05, 0) is 48.0 Å². The van der Waals surface area contributed by atoms with Crippen LogP contribution >= 0.6 is 15.9 Å². The van der Waals surface area contributed by atoms with Crippen molar-refractivity contribution in [1.29, 1.82) is 5.26 Å². The van der Waals surface area contributed by atoms with Crippen molar-refractivity contribution in [3.8, 4) is 6.07 Å². The third-order valence-electron chi connectivity index (χ3n) is 2.69. The maximum Gasteiger partial charge on any atom is 0.163 e. The van der Waals surface area contributed by atoms with Crippen LogP contribution in [0.25, 0.3) is 0 Å². The van der Waals surface area contributed by atoms with Crippen LogP contribution in [0, 0.1) is 11.3 Å². The number of halogens is 1. The van der Waals surface area contributed by atoms with E-state index in [9.17, 15) is 0 Å². The standard InChI is InChI=1S/C13H15BrN2O2/c1-13(2)17-8-10(18-13)7-16-12-4-3-9(6-15)5-11(12)14/h3-5,10,16H,7-8H2,1-2H3. The molecule has 1 aliphatic rings. The van der Waals surface area contributed by atoms with Crippen molar-refractivity contribution in [3.05, 3.63) is 28.2 Å². The lowest BCUT2D eigenvalue weighted by Crippen LogP contribution is -2.26. The SMILES string of the molecule is CC1(C)OCC(CNc2ccc(C#N)cc2Br)O1. The van der Waals surface area contributed by atoms with Crippen molar-refractivity contribution in [3.63, 3.8) is 0 Å². The highest BCUT2D eigenvalue weighted by atomic mass is 79.9. The number of benzene rings is 1. The molecule has 0 amide bonds. The molecule has 0 radical (unpaired) electrons. The zero-order valence-corrected chi connectivity index (χ0v) is 12.0. The number of hydrogen-bond acceptors (Lipinski definition) is 4. The Bertz CT molecular complexity index is 482. The number of nitrogens with one attached hydrogen (secondary N) is 1.